The van der Waals surface area contributed by atoms with Gasteiger partial charge in [0.15, 0.2) is 0 Å². The van der Waals surface area contributed by atoms with Gasteiger partial charge >= 0.3 is 0 Å². The molecule has 2 N–H and O–H groups in total. The van der Waals surface area contributed by atoms with E-state index in [2.05, 4.69) is 6.07 Å². The molecule has 2 fully saturated rings. The molecule has 3 atom stereocenters. The number of nitriles is 1. The molecule has 1 aliphatic heterocycles. The highest BCUT2D eigenvalue weighted by Crippen LogP contribution is 2.30. The topological polar surface area (TPSA) is 70.1 Å². The van der Waals surface area contributed by atoms with Crippen molar-refractivity contribution in [3.05, 3.63) is 0 Å². The first-order valence-electron chi connectivity index (χ1n) is 6.62. The first-order chi connectivity index (χ1) is 8.15. The minimum absolute atomic E-state index is 0.00606. The van der Waals surface area contributed by atoms with Crippen LogP contribution in [0.15, 0.2) is 0 Å². The summed E-state index contributed by atoms with van der Waals surface area (Å²) in [5.41, 5.74) is 6.08. The summed E-state index contributed by atoms with van der Waals surface area (Å²) >= 11 is 0. The second-order valence-electron chi connectivity index (χ2n) is 5.39. The number of hydrogen-bond acceptors (Lipinski definition) is 3. The lowest BCUT2D eigenvalue weighted by atomic mass is 9.97. The molecule has 1 aliphatic carbocycles. The second kappa shape index (κ2) is 5.05. The Hall–Kier alpha value is -1.08. The Morgan fingerprint density at radius 1 is 1.35 bits per heavy atom. The van der Waals surface area contributed by atoms with E-state index in [1.54, 1.807) is 4.90 Å². The number of rotatable bonds is 2. The Morgan fingerprint density at radius 3 is 2.59 bits per heavy atom. The molecular formula is C13H21N3O. The summed E-state index contributed by atoms with van der Waals surface area (Å²) < 4.78 is 0. The number of likely N-dealkylation sites (tertiary alicyclic amines) is 1. The third-order valence-electron chi connectivity index (χ3n) is 4.26. The van der Waals surface area contributed by atoms with Gasteiger partial charge in [-0.3, -0.25) is 4.79 Å². The molecule has 0 aromatic heterocycles. The lowest BCUT2D eigenvalue weighted by Gasteiger charge is -2.29. The summed E-state index contributed by atoms with van der Waals surface area (Å²) in [6.45, 7) is 2.01. The minimum Gasteiger partial charge on any atom is -0.323 e. The van der Waals surface area contributed by atoms with Gasteiger partial charge in [0.25, 0.3) is 0 Å². The van der Waals surface area contributed by atoms with Crippen molar-refractivity contribution in [3.8, 4) is 6.07 Å². The summed E-state index contributed by atoms with van der Waals surface area (Å²) in [5.74, 6) is 0.322. The van der Waals surface area contributed by atoms with Crippen LogP contribution in [0.2, 0.25) is 0 Å². The van der Waals surface area contributed by atoms with Crippen molar-refractivity contribution in [2.45, 2.75) is 63.6 Å². The molecule has 2 unspecified atom stereocenters. The van der Waals surface area contributed by atoms with Crippen molar-refractivity contribution < 1.29 is 4.79 Å². The summed E-state index contributed by atoms with van der Waals surface area (Å²) in [6.07, 6.45) is 6.20. The van der Waals surface area contributed by atoms with E-state index in [1.165, 1.54) is 12.8 Å². The van der Waals surface area contributed by atoms with Crippen molar-refractivity contribution in [2.75, 3.05) is 0 Å². The Morgan fingerprint density at radius 2 is 2.00 bits per heavy atom. The molecular weight excluding hydrogens is 214 g/mol. The zero-order chi connectivity index (χ0) is 12.4. The fraction of sp³-hybridized carbons (Fsp3) is 0.846. The third-order valence-corrected chi connectivity index (χ3v) is 4.26. The van der Waals surface area contributed by atoms with E-state index >= 15 is 0 Å². The number of amides is 1. The van der Waals surface area contributed by atoms with E-state index in [0.29, 0.717) is 5.92 Å². The zero-order valence-electron chi connectivity index (χ0n) is 10.4. The van der Waals surface area contributed by atoms with Crippen molar-refractivity contribution in [2.24, 2.45) is 11.7 Å². The summed E-state index contributed by atoms with van der Waals surface area (Å²) in [4.78, 5) is 14.1. The van der Waals surface area contributed by atoms with Gasteiger partial charge in [0.1, 0.15) is 6.04 Å². The molecule has 94 valence electrons. The average Bonchev–Trinajstić information content (AvgIpc) is 2.96. The van der Waals surface area contributed by atoms with Gasteiger partial charge in [-0.15, -0.1) is 0 Å². The van der Waals surface area contributed by atoms with Gasteiger partial charge in [-0.1, -0.05) is 12.8 Å². The van der Waals surface area contributed by atoms with Crippen LogP contribution in [0.3, 0.4) is 0 Å². The fourth-order valence-electron chi connectivity index (χ4n) is 3.17. The van der Waals surface area contributed by atoms with Gasteiger partial charge in [0.2, 0.25) is 5.91 Å². The van der Waals surface area contributed by atoms with Crippen LogP contribution >= 0.6 is 0 Å². The van der Waals surface area contributed by atoms with Gasteiger partial charge in [0, 0.05) is 6.04 Å². The normalized spacial score (nSPS) is 31.5. The van der Waals surface area contributed by atoms with E-state index in [9.17, 15) is 4.79 Å². The van der Waals surface area contributed by atoms with E-state index < -0.39 is 6.04 Å². The quantitative estimate of drug-likeness (QED) is 0.786. The summed E-state index contributed by atoms with van der Waals surface area (Å²) in [7, 11) is 0. The van der Waals surface area contributed by atoms with Crippen LogP contribution in [0, 0.1) is 17.2 Å². The Labute approximate surface area is 103 Å². The van der Waals surface area contributed by atoms with Crippen LogP contribution in [0.25, 0.3) is 0 Å². The lowest BCUT2D eigenvalue weighted by molar-refractivity contribution is -0.135. The number of hydrogen-bond donors (Lipinski definition) is 1. The van der Waals surface area contributed by atoms with Crippen LogP contribution < -0.4 is 5.73 Å². The van der Waals surface area contributed by atoms with Crippen LogP contribution in [0.5, 0.6) is 0 Å². The predicted octanol–water partition coefficient (Wildman–Crippen LogP) is 1.41. The summed E-state index contributed by atoms with van der Waals surface area (Å²) in [6, 6.07) is 1.73. The van der Waals surface area contributed by atoms with E-state index in [-0.39, 0.29) is 18.0 Å². The zero-order valence-corrected chi connectivity index (χ0v) is 10.4. The largest absolute Gasteiger partial charge is 0.323 e. The molecule has 1 saturated heterocycles. The predicted molar refractivity (Wildman–Crippen MR) is 64.9 cm³/mol. The molecule has 1 amide bonds. The number of nitrogens with zero attached hydrogens (tertiary/aromatic N) is 2. The molecule has 0 bridgehead atoms. The molecule has 0 aromatic carbocycles. The van der Waals surface area contributed by atoms with Crippen LogP contribution in [0.1, 0.15) is 45.4 Å². The smallest absolute Gasteiger partial charge is 0.241 e. The van der Waals surface area contributed by atoms with Crippen LogP contribution in [-0.4, -0.2) is 28.9 Å². The third kappa shape index (κ3) is 2.30. The van der Waals surface area contributed by atoms with Crippen molar-refractivity contribution in [1.29, 1.82) is 5.26 Å². The molecule has 17 heavy (non-hydrogen) atoms. The van der Waals surface area contributed by atoms with Crippen molar-refractivity contribution in [1.82, 2.24) is 4.90 Å². The molecule has 2 aliphatic rings. The highest BCUT2D eigenvalue weighted by Gasteiger charge is 2.39. The highest BCUT2D eigenvalue weighted by atomic mass is 16.2. The van der Waals surface area contributed by atoms with E-state index in [4.69, 9.17) is 11.0 Å². The lowest BCUT2D eigenvalue weighted by Crippen LogP contribution is -2.51. The number of carbonyl (C=O) groups excluding carboxylic acids is 1. The highest BCUT2D eigenvalue weighted by molar-refractivity contribution is 5.83. The van der Waals surface area contributed by atoms with Gasteiger partial charge in [0.05, 0.1) is 12.1 Å². The van der Waals surface area contributed by atoms with Gasteiger partial charge in [-0.25, -0.2) is 0 Å². The molecule has 0 spiro atoms. The monoisotopic (exact) mass is 235 g/mol. The van der Waals surface area contributed by atoms with E-state index in [0.717, 1.165) is 25.7 Å². The molecule has 1 saturated carbocycles. The SMILES string of the molecule is CC1CCC(C#N)N1C(=O)[C@@H](N)C1CCCC1. The first kappa shape index (κ1) is 12.4. The van der Waals surface area contributed by atoms with Gasteiger partial charge in [-0.2, -0.15) is 5.26 Å². The maximum Gasteiger partial charge on any atom is 0.241 e. The molecule has 0 aromatic rings. The maximum absolute atomic E-state index is 12.4. The average molecular weight is 235 g/mol. The number of nitrogens with two attached hydrogens (primary N) is 1. The first-order valence-corrected chi connectivity index (χ1v) is 6.62. The van der Waals surface area contributed by atoms with Crippen molar-refractivity contribution in [3.63, 3.8) is 0 Å². The standard InChI is InChI=1S/C13H21N3O/c1-9-6-7-11(8-14)16(9)13(17)12(15)10-4-2-3-5-10/h9-12H,2-7,15H2,1H3/t9?,11?,12-/m0/s1. The van der Waals surface area contributed by atoms with Crippen LogP contribution in [-0.2, 0) is 4.79 Å². The maximum atomic E-state index is 12.4. The molecule has 4 heteroatoms. The molecule has 2 rings (SSSR count). The fourth-order valence-corrected chi connectivity index (χ4v) is 3.17. The molecule has 4 nitrogen and oxygen atoms in total. The Bertz CT molecular complexity index is 330. The minimum atomic E-state index is -0.395. The van der Waals surface area contributed by atoms with Gasteiger partial charge < -0.3 is 10.6 Å². The van der Waals surface area contributed by atoms with Crippen molar-refractivity contribution >= 4 is 5.91 Å². The Balaban J connectivity index is 2.05. The van der Waals surface area contributed by atoms with Gasteiger partial charge in [-0.05, 0) is 38.5 Å². The Kier molecular flexibility index (Phi) is 3.68. The molecule has 1 heterocycles. The van der Waals surface area contributed by atoms with Crippen LogP contribution in [0.4, 0.5) is 0 Å². The summed E-state index contributed by atoms with van der Waals surface area (Å²) in [5, 5.41) is 9.07. The van der Waals surface area contributed by atoms with E-state index in [1.807, 2.05) is 6.92 Å². The second-order valence-corrected chi connectivity index (χ2v) is 5.39. The molecule has 0 radical (unpaired) electrons. The number of carbonyl (C=O) groups is 1.